The van der Waals surface area contributed by atoms with Gasteiger partial charge in [-0.05, 0) is 24.6 Å². The van der Waals surface area contributed by atoms with E-state index in [1.54, 1.807) is 12.1 Å². The summed E-state index contributed by atoms with van der Waals surface area (Å²) in [5.41, 5.74) is 2.85. The van der Waals surface area contributed by atoms with Gasteiger partial charge in [-0.25, -0.2) is 4.98 Å². The summed E-state index contributed by atoms with van der Waals surface area (Å²) in [5.74, 6) is -0.124. The van der Waals surface area contributed by atoms with Crippen LogP contribution in [0, 0.1) is 6.92 Å². The zero-order valence-corrected chi connectivity index (χ0v) is 13.1. The Morgan fingerprint density at radius 1 is 1.05 bits per heavy atom. The van der Waals surface area contributed by atoms with Crippen LogP contribution in [-0.2, 0) is 6.42 Å². The Hall–Kier alpha value is -2.46. The van der Waals surface area contributed by atoms with Crippen molar-refractivity contribution in [1.82, 2.24) is 4.98 Å². The molecule has 1 heterocycles. The molecule has 0 atom stereocenters. The van der Waals surface area contributed by atoms with Crippen molar-refractivity contribution in [2.24, 2.45) is 0 Å². The van der Waals surface area contributed by atoms with E-state index in [9.17, 15) is 4.79 Å². The monoisotopic (exact) mass is 308 g/mol. The highest BCUT2D eigenvalue weighted by atomic mass is 32.1. The lowest BCUT2D eigenvalue weighted by Gasteiger charge is -2.00. The second kappa shape index (κ2) is 6.54. The van der Waals surface area contributed by atoms with Crippen LogP contribution in [0.25, 0.3) is 0 Å². The minimum Gasteiger partial charge on any atom is -0.298 e. The summed E-state index contributed by atoms with van der Waals surface area (Å²) >= 11 is 1.53. The van der Waals surface area contributed by atoms with Gasteiger partial charge in [0.2, 0.25) is 0 Å². The SMILES string of the molecule is Cc1nc(NC(=O)c2ccccc2)sc1Cc1ccccc1. The topological polar surface area (TPSA) is 42.0 Å². The number of nitrogens with zero attached hydrogens (tertiary/aromatic N) is 1. The zero-order valence-electron chi connectivity index (χ0n) is 12.2. The van der Waals surface area contributed by atoms with Crippen molar-refractivity contribution in [3.05, 3.63) is 82.4 Å². The Morgan fingerprint density at radius 3 is 2.36 bits per heavy atom. The van der Waals surface area contributed by atoms with Crippen molar-refractivity contribution < 1.29 is 4.79 Å². The summed E-state index contributed by atoms with van der Waals surface area (Å²) in [6.45, 7) is 1.98. The molecule has 3 nitrogen and oxygen atoms in total. The molecule has 0 spiro atoms. The van der Waals surface area contributed by atoms with Gasteiger partial charge in [-0.15, -0.1) is 11.3 Å². The third kappa shape index (κ3) is 3.40. The van der Waals surface area contributed by atoms with Crippen molar-refractivity contribution in [3.8, 4) is 0 Å². The number of rotatable bonds is 4. The maximum Gasteiger partial charge on any atom is 0.257 e. The van der Waals surface area contributed by atoms with Crippen molar-refractivity contribution >= 4 is 22.4 Å². The van der Waals surface area contributed by atoms with Gasteiger partial charge in [0.1, 0.15) is 0 Å². The fourth-order valence-electron chi connectivity index (χ4n) is 2.19. The van der Waals surface area contributed by atoms with Crippen LogP contribution in [0.3, 0.4) is 0 Å². The highest BCUT2D eigenvalue weighted by Gasteiger charge is 2.12. The quantitative estimate of drug-likeness (QED) is 0.781. The molecule has 3 aromatic rings. The lowest BCUT2D eigenvalue weighted by Crippen LogP contribution is -2.11. The molecule has 0 radical (unpaired) electrons. The van der Waals surface area contributed by atoms with Crippen molar-refractivity contribution in [3.63, 3.8) is 0 Å². The highest BCUT2D eigenvalue weighted by molar-refractivity contribution is 7.15. The van der Waals surface area contributed by atoms with E-state index in [2.05, 4.69) is 22.4 Å². The van der Waals surface area contributed by atoms with E-state index in [1.807, 2.05) is 43.3 Å². The van der Waals surface area contributed by atoms with Gasteiger partial charge >= 0.3 is 0 Å². The summed E-state index contributed by atoms with van der Waals surface area (Å²) in [6.07, 6.45) is 0.839. The number of carbonyl (C=O) groups excluding carboxylic acids is 1. The predicted octanol–water partition coefficient (Wildman–Crippen LogP) is 4.29. The number of thiazole rings is 1. The van der Waals surface area contributed by atoms with Gasteiger partial charge < -0.3 is 0 Å². The smallest absolute Gasteiger partial charge is 0.257 e. The molecule has 0 saturated carbocycles. The van der Waals surface area contributed by atoms with Crippen molar-refractivity contribution in [2.75, 3.05) is 5.32 Å². The molecule has 0 aliphatic heterocycles. The number of anilines is 1. The first-order chi connectivity index (χ1) is 10.7. The van der Waals surface area contributed by atoms with Crippen LogP contribution in [0.2, 0.25) is 0 Å². The largest absolute Gasteiger partial charge is 0.298 e. The second-order valence-electron chi connectivity index (χ2n) is 5.01. The van der Waals surface area contributed by atoms with Crippen LogP contribution >= 0.6 is 11.3 Å². The molecule has 0 unspecified atom stereocenters. The molecule has 110 valence electrons. The molecule has 1 N–H and O–H groups in total. The first-order valence-corrected chi connectivity index (χ1v) is 7.90. The molecule has 2 aromatic carbocycles. The molecule has 22 heavy (non-hydrogen) atoms. The van der Waals surface area contributed by atoms with E-state index >= 15 is 0 Å². The summed E-state index contributed by atoms with van der Waals surface area (Å²) in [7, 11) is 0. The van der Waals surface area contributed by atoms with E-state index in [4.69, 9.17) is 0 Å². The number of hydrogen-bond donors (Lipinski definition) is 1. The number of benzene rings is 2. The fourth-order valence-corrected chi connectivity index (χ4v) is 3.18. The van der Waals surface area contributed by atoms with Crippen LogP contribution in [0.1, 0.15) is 26.5 Å². The minimum atomic E-state index is -0.124. The van der Waals surface area contributed by atoms with Gasteiger partial charge in [0.05, 0.1) is 5.69 Å². The van der Waals surface area contributed by atoms with Crippen molar-refractivity contribution in [2.45, 2.75) is 13.3 Å². The van der Waals surface area contributed by atoms with E-state index in [-0.39, 0.29) is 5.91 Å². The highest BCUT2D eigenvalue weighted by Crippen LogP contribution is 2.25. The lowest BCUT2D eigenvalue weighted by molar-refractivity contribution is 0.102. The summed E-state index contributed by atoms with van der Waals surface area (Å²) < 4.78 is 0. The summed E-state index contributed by atoms with van der Waals surface area (Å²) in [5, 5.41) is 3.52. The van der Waals surface area contributed by atoms with Gasteiger partial charge in [-0.3, -0.25) is 10.1 Å². The Kier molecular flexibility index (Phi) is 4.30. The normalized spacial score (nSPS) is 10.4. The van der Waals surface area contributed by atoms with Gasteiger partial charge in [0.25, 0.3) is 5.91 Å². The third-order valence-electron chi connectivity index (χ3n) is 3.36. The minimum absolute atomic E-state index is 0.124. The molecule has 4 heteroatoms. The number of amides is 1. The number of aromatic nitrogens is 1. The molecule has 0 aliphatic rings. The van der Waals surface area contributed by atoms with E-state index in [1.165, 1.54) is 21.8 Å². The van der Waals surface area contributed by atoms with Gasteiger partial charge in [-0.2, -0.15) is 0 Å². The molecular weight excluding hydrogens is 292 g/mol. The maximum absolute atomic E-state index is 12.1. The first kappa shape index (κ1) is 14.5. The van der Waals surface area contributed by atoms with Crippen LogP contribution in [0.4, 0.5) is 5.13 Å². The summed E-state index contributed by atoms with van der Waals surface area (Å²) in [6, 6.07) is 19.4. The number of hydrogen-bond acceptors (Lipinski definition) is 3. The number of carbonyl (C=O) groups is 1. The molecule has 0 aliphatic carbocycles. The molecule has 1 amide bonds. The standard InChI is InChI=1S/C18H16N2OS/c1-13-16(12-14-8-4-2-5-9-14)22-18(19-13)20-17(21)15-10-6-3-7-11-15/h2-11H,12H2,1H3,(H,19,20,21). The average molecular weight is 308 g/mol. The molecule has 0 saturated heterocycles. The van der Waals surface area contributed by atoms with E-state index in [0.29, 0.717) is 10.7 Å². The van der Waals surface area contributed by atoms with Crippen LogP contribution in [0.5, 0.6) is 0 Å². The van der Waals surface area contributed by atoms with Gasteiger partial charge in [0.15, 0.2) is 5.13 Å². The van der Waals surface area contributed by atoms with Crippen LogP contribution in [-0.4, -0.2) is 10.9 Å². The molecular formula is C18H16N2OS. The molecule has 3 rings (SSSR count). The van der Waals surface area contributed by atoms with E-state index in [0.717, 1.165) is 12.1 Å². The van der Waals surface area contributed by atoms with Gasteiger partial charge in [-0.1, -0.05) is 48.5 Å². The summed E-state index contributed by atoms with van der Waals surface area (Å²) in [4.78, 5) is 17.8. The molecule has 0 bridgehead atoms. The Balaban J connectivity index is 1.74. The van der Waals surface area contributed by atoms with E-state index < -0.39 is 0 Å². The van der Waals surface area contributed by atoms with Gasteiger partial charge in [0, 0.05) is 16.9 Å². The van der Waals surface area contributed by atoms with Crippen molar-refractivity contribution in [1.29, 1.82) is 0 Å². The molecule has 1 aromatic heterocycles. The fraction of sp³-hybridized carbons (Fsp3) is 0.111. The van der Waals surface area contributed by atoms with Crippen LogP contribution in [0.15, 0.2) is 60.7 Å². The third-order valence-corrected chi connectivity index (χ3v) is 4.43. The first-order valence-electron chi connectivity index (χ1n) is 7.09. The molecule has 0 fully saturated rings. The Bertz CT molecular complexity index is 766. The lowest BCUT2D eigenvalue weighted by atomic mass is 10.1. The number of nitrogens with one attached hydrogen (secondary N) is 1. The zero-order chi connectivity index (χ0) is 15.4. The number of aryl methyl sites for hydroxylation is 1. The van der Waals surface area contributed by atoms with Crippen LogP contribution < -0.4 is 5.32 Å². The Labute approximate surface area is 133 Å². The second-order valence-corrected chi connectivity index (χ2v) is 6.09. The Morgan fingerprint density at radius 2 is 1.68 bits per heavy atom. The maximum atomic E-state index is 12.1. The average Bonchev–Trinajstić information content (AvgIpc) is 2.88. The predicted molar refractivity (Wildman–Crippen MR) is 90.5 cm³/mol.